The highest BCUT2D eigenvalue weighted by atomic mass is 14.5. The first-order valence-corrected chi connectivity index (χ1v) is 2.21. The summed E-state index contributed by atoms with van der Waals surface area (Å²) >= 11 is 0. The molecule has 0 bridgehead atoms. The Kier molecular flexibility index (Phi) is 63.4. The zero-order valence-electron chi connectivity index (χ0n) is 5.56. The fraction of sp³-hybridized carbons (Fsp3) is 0.333. The Morgan fingerprint density at radius 3 is 1.62 bits per heavy atom. The van der Waals surface area contributed by atoms with Gasteiger partial charge in [0.25, 0.3) is 0 Å². The molecule has 0 atom stereocenters. The van der Waals surface area contributed by atoms with Crippen molar-refractivity contribution in [1.82, 2.24) is 6.15 Å². The maximum Gasteiger partial charge on any atom is 0.0104 e. The van der Waals surface area contributed by atoms with Crippen molar-refractivity contribution in [3.63, 3.8) is 0 Å². The third-order valence-corrected chi connectivity index (χ3v) is 0.167. The van der Waals surface area contributed by atoms with Crippen molar-refractivity contribution in [1.29, 1.82) is 0 Å². The molecule has 0 unspecified atom stereocenters. The summed E-state index contributed by atoms with van der Waals surface area (Å²) in [6.45, 7) is 9.19. The predicted molar refractivity (Wildman–Crippen MR) is 40.1 cm³/mol. The molecular formula is C6H16N2. The van der Waals surface area contributed by atoms with E-state index < -0.39 is 0 Å². The summed E-state index contributed by atoms with van der Waals surface area (Å²) in [4.78, 5) is 0. The molecule has 0 heterocycles. The molecular weight excluding hydrogens is 100 g/mol. The van der Waals surface area contributed by atoms with Gasteiger partial charge in [0, 0.05) is 6.54 Å². The summed E-state index contributed by atoms with van der Waals surface area (Å²) < 4.78 is 0. The summed E-state index contributed by atoms with van der Waals surface area (Å²) in [6, 6.07) is 0. The number of allylic oxidation sites excluding steroid dienone is 1. The van der Waals surface area contributed by atoms with E-state index in [2.05, 4.69) is 13.2 Å². The van der Waals surface area contributed by atoms with Crippen molar-refractivity contribution < 1.29 is 0 Å². The molecule has 0 aromatic carbocycles. The van der Waals surface area contributed by atoms with Crippen molar-refractivity contribution in [2.24, 2.45) is 5.73 Å². The van der Waals surface area contributed by atoms with E-state index in [1.165, 1.54) is 0 Å². The molecule has 2 heteroatoms. The summed E-state index contributed by atoms with van der Waals surface area (Å²) in [6.07, 6.45) is 3.40. The molecule has 0 aliphatic heterocycles. The highest BCUT2D eigenvalue weighted by molar-refractivity contribution is 4.64. The van der Waals surface area contributed by atoms with E-state index in [0.717, 1.165) is 0 Å². The molecule has 0 radical (unpaired) electrons. The summed E-state index contributed by atoms with van der Waals surface area (Å²) in [5.74, 6) is 0. The normalized spacial score (nSPS) is 4.75. The molecule has 0 aromatic rings. The van der Waals surface area contributed by atoms with E-state index in [1.807, 2.05) is 6.92 Å². The zero-order valence-corrected chi connectivity index (χ0v) is 5.56. The maximum absolute atomic E-state index is 4.91. The van der Waals surface area contributed by atoms with Crippen molar-refractivity contribution in [3.05, 3.63) is 25.3 Å². The highest BCUT2D eigenvalue weighted by Crippen LogP contribution is 1.40. The van der Waals surface area contributed by atoms with E-state index in [0.29, 0.717) is 6.54 Å². The number of hydrogen-bond donors (Lipinski definition) is 2. The lowest BCUT2D eigenvalue weighted by Gasteiger charge is -1.61. The van der Waals surface area contributed by atoms with Crippen LogP contribution in [0.4, 0.5) is 0 Å². The average molecular weight is 116 g/mol. The molecule has 0 aliphatic carbocycles. The molecule has 5 N–H and O–H groups in total. The minimum atomic E-state index is 0. The summed E-state index contributed by atoms with van der Waals surface area (Å²) in [5.41, 5.74) is 4.91. The summed E-state index contributed by atoms with van der Waals surface area (Å²) in [7, 11) is 0. The van der Waals surface area contributed by atoms with Gasteiger partial charge < -0.3 is 11.9 Å². The lowest BCUT2D eigenvalue weighted by molar-refractivity contribution is 1.26. The van der Waals surface area contributed by atoms with Gasteiger partial charge in [-0.15, -0.1) is 13.2 Å². The first-order chi connectivity index (χ1) is 3.33. The van der Waals surface area contributed by atoms with Crippen molar-refractivity contribution >= 4 is 0 Å². The second-order valence-electron chi connectivity index (χ2n) is 0.933. The van der Waals surface area contributed by atoms with E-state index >= 15 is 0 Å². The van der Waals surface area contributed by atoms with Crippen LogP contribution in [0.15, 0.2) is 25.3 Å². The SMILES string of the molecule is C=CC.C=CCN.N. The number of rotatable bonds is 1. The third kappa shape index (κ3) is 653. The van der Waals surface area contributed by atoms with Crippen LogP contribution in [0.2, 0.25) is 0 Å². The minimum Gasteiger partial charge on any atom is -0.344 e. The van der Waals surface area contributed by atoms with Gasteiger partial charge in [-0.05, 0) is 6.92 Å². The van der Waals surface area contributed by atoms with Crippen LogP contribution in [0.25, 0.3) is 0 Å². The van der Waals surface area contributed by atoms with Crippen LogP contribution in [0.5, 0.6) is 0 Å². The first kappa shape index (κ1) is 15.7. The molecule has 0 fully saturated rings. The zero-order chi connectivity index (χ0) is 6.12. The second kappa shape index (κ2) is 32.4. The number of nitrogens with two attached hydrogens (primary N) is 1. The van der Waals surface area contributed by atoms with E-state index in [9.17, 15) is 0 Å². The van der Waals surface area contributed by atoms with Crippen molar-refractivity contribution in [2.45, 2.75) is 6.92 Å². The molecule has 0 amide bonds. The van der Waals surface area contributed by atoms with Gasteiger partial charge in [0.15, 0.2) is 0 Å². The topological polar surface area (TPSA) is 61.0 Å². The van der Waals surface area contributed by atoms with Crippen LogP contribution in [-0.4, -0.2) is 6.54 Å². The Morgan fingerprint density at radius 1 is 1.50 bits per heavy atom. The van der Waals surface area contributed by atoms with Crippen LogP contribution in [0, 0.1) is 0 Å². The van der Waals surface area contributed by atoms with Crippen LogP contribution >= 0.6 is 0 Å². The Hall–Kier alpha value is -0.600. The fourth-order valence-corrected chi connectivity index (χ4v) is 0. The highest BCUT2D eigenvalue weighted by Gasteiger charge is 1.43. The molecule has 0 aromatic heterocycles. The standard InChI is InChI=1S/C3H7N.C3H6.H3N/c1-2-3-4;1-3-2;/h2H,1,3-4H2;3H,1H2,2H3;1H3. The lowest BCUT2D eigenvalue weighted by Crippen LogP contribution is -1.90. The molecule has 2 nitrogen and oxygen atoms in total. The lowest BCUT2D eigenvalue weighted by atomic mass is 10.7. The van der Waals surface area contributed by atoms with Gasteiger partial charge in [-0.3, -0.25) is 0 Å². The Bertz CT molecular complexity index is 41.8. The van der Waals surface area contributed by atoms with Crippen LogP contribution in [0.1, 0.15) is 6.92 Å². The molecule has 0 saturated carbocycles. The van der Waals surface area contributed by atoms with Crippen molar-refractivity contribution in [2.75, 3.05) is 6.54 Å². The van der Waals surface area contributed by atoms with E-state index in [-0.39, 0.29) is 6.15 Å². The van der Waals surface area contributed by atoms with Crippen LogP contribution in [-0.2, 0) is 0 Å². The Labute approximate surface area is 51.7 Å². The molecule has 0 rings (SSSR count). The maximum atomic E-state index is 4.91. The fourth-order valence-electron chi connectivity index (χ4n) is 0. The molecule has 50 valence electrons. The van der Waals surface area contributed by atoms with Gasteiger partial charge in [-0.2, -0.15) is 0 Å². The molecule has 8 heavy (non-hydrogen) atoms. The monoisotopic (exact) mass is 116 g/mol. The molecule has 0 saturated heterocycles. The van der Waals surface area contributed by atoms with Gasteiger partial charge in [0.1, 0.15) is 0 Å². The minimum absolute atomic E-state index is 0. The van der Waals surface area contributed by atoms with Crippen LogP contribution in [0.3, 0.4) is 0 Å². The van der Waals surface area contributed by atoms with Gasteiger partial charge in [0.05, 0.1) is 0 Å². The van der Waals surface area contributed by atoms with Gasteiger partial charge in [-0.1, -0.05) is 12.2 Å². The average Bonchev–Trinajstić information content (AvgIpc) is 1.69. The van der Waals surface area contributed by atoms with Gasteiger partial charge in [-0.25, -0.2) is 0 Å². The van der Waals surface area contributed by atoms with Crippen LogP contribution < -0.4 is 11.9 Å². The first-order valence-electron chi connectivity index (χ1n) is 2.21. The molecule has 0 spiro atoms. The summed E-state index contributed by atoms with van der Waals surface area (Å²) in [5, 5.41) is 0. The van der Waals surface area contributed by atoms with E-state index in [1.54, 1.807) is 12.2 Å². The van der Waals surface area contributed by atoms with Gasteiger partial charge >= 0.3 is 0 Å². The van der Waals surface area contributed by atoms with E-state index in [4.69, 9.17) is 5.73 Å². The second-order valence-corrected chi connectivity index (χ2v) is 0.933. The smallest absolute Gasteiger partial charge is 0.0104 e. The third-order valence-electron chi connectivity index (χ3n) is 0.167. The quantitative estimate of drug-likeness (QED) is 0.510. The Balaban J connectivity index is -0.0000000575. The largest absolute Gasteiger partial charge is 0.344 e. The predicted octanol–water partition coefficient (Wildman–Crippen LogP) is 1.49. The van der Waals surface area contributed by atoms with Gasteiger partial charge in [0.2, 0.25) is 0 Å². The van der Waals surface area contributed by atoms with Crippen molar-refractivity contribution in [3.8, 4) is 0 Å². The molecule has 0 aliphatic rings. The Morgan fingerprint density at radius 2 is 1.62 bits per heavy atom. The number of hydrogen-bond acceptors (Lipinski definition) is 2.